The molecule has 0 spiro atoms. The highest BCUT2D eigenvalue weighted by Gasteiger charge is 2.52. The lowest BCUT2D eigenvalue weighted by atomic mass is 9.53. The van der Waals surface area contributed by atoms with Crippen molar-refractivity contribution >= 4 is 11.9 Å². The molecule has 4 aliphatic carbocycles. The Hall–Kier alpha value is -3.74. The molecule has 1 atom stereocenters. The summed E-state index contributed by atoms with van der Waals surface area (Å²) in [4.78, 5) is 31.6. The number of hydrogen-bond acceptors (Lipinski definition) is 3. The van der Waals surface area contributed by atoms with Gasteiger partial charge in [0, 0.05) is 37.1 Å². The molecule has 220 valence electrons. The van der Waals surface area contributed by atoms with E-state index in [-0.39, 0.29) is 30.1 Å². The fraction of sp³-hybridized carbons (Fsp3) is 0.486. The van der Waals surface area contributed by atoms with Gasteiger partial charge in [-0.05, 0) is 105 Å². The zero-order chi connectivity index (χ0) is 28.7. The van der Waals surface area contributed by atoms with Crippen molar-refractivity contribution in [1.82, 2.24) is 19.7 Å². The Morgan fingerprint density at radius 3 is 2.33 bits per heavy atom. The number of rotatable bonds is 8. The van der Waals surface area contributed by atoms with E-state index in [2.05, 4.69) is 35.1 Å². The van der Waals surface area contributed by atoms with Crippen molar-refractivity contribution in [3.8, 4) is 11.5 Å². The molecule has 8 rings (SSSR count). The zero-order valence-electron chi connectivity index (χ0n) is 24.6. The van der Waals surface area contributed by atoms with Crippen LogP contribution in [-0.4, -0.2) is 51.5 Å². The third-order valence-electron chi connectivity index (χ3n) is 10.0. The van der Waals surface area contributed by atoms with Crippen molar-refractivity contribution in [1.29, 1.82) is 0 Å². The molecule has 1 aromatic heterocycles. The Morgan fingerprint density at radius 2 is 1.62 bits per heavy atom. The highest BCUT2D eigenvalue weighted by atomic mass is 16.5. The van der Waals surface area contributed by atoms with Crippen LogP contribution in [0.15, 0.2) is 72.9 Å². The van der Waals surface area contributed by atoms with Gasteiger partial charge in [0.1, 0.15) is 18.0 Å². The van der Waals surface area contributed by atoms with Crippen LogP contribution >= 0.6 is 0 Å². The number of fused-ring (bicyclic) bond motifs is 1. The molecule has 3 aromatic rings. The van der Waals surface area contributed by atoms with Crippen molar-refractivity contribution in [2.75, 3.05) is 19.6 Å². The number of hydrogen-bond donors (Lipinski definition) is 1. The summed E-state index contributed by atoms with van der Waals surface area (Å²) in [5, 5.41) is 3.50. The fourth-order valence-electron chi connectivity index (χ4n) is 8.72. The third kappa shape index (κ3) is 5.30. The summed E-state index contributed by atoms with van der Waals surface area (Å²) in [6.45, 7) is 4.05. The van der Waals surface area contributed by atoms with E-state index in [1.165, 1.54) is 19.3 Å². The van der Waals surface area contributed by atoms with E-state index in [4.69, 9.17) is 4.74 Å². The first-order valence-electron chi connectivity index (χ1n) is 15.8. The van der Waals surface area contributed by atoms with Gasteiger partial charge >= 0.3 is 6.03 Å². The molecule has 7 heteroatoms. The molecule has 2 aromatic carbocycles. The molecular formula is C35H42N4O3. The van der Waals surface area contributed by atoms with Crippen LogP contribution in [-0.2, 0) is 11.3 Å². The van der Waals surface area contributed by atoms with Gasteiger partial charge in [-0.25, -0.2) is 4.79 Å². The van der Waals surface area contributed by atoms with E-state index in [0.29, 0.717) is 13.1 Å². The summed E-state index contributed by atoms with van der Waals surface area (Å²) in [5.41, 5.74) is 2.00. The van der Waals surface area contributed by atoms with E-state index < -0.39 is 0 Å². The third-order valence-corrected chi connectivity index (χ3v) is 10.0. The molecular weight excluding hydrogens is 524 g/mol. The molecule has 1 aliphatic heterocycles. The Bertz CT molecular complexity index is 1400. The average molecular weight is 567 g/mol. The van der Waals surface area contributed by atoms with E-state index in [1.807, 2.05) is 59.5 Å². The van der Waals surface area contributed by atoms with Gasteiger partial charge < -0.3 is 24.4 Å². The van der Waals surface area contributed by atoms with E-state index in [0.717, 1.165) is 72.7 Å². The molecule has 4 saturated carbocycles. The van der Waals surface area contributed by atoms with Gasteiger partial charge in [0.2, 0.25) is 5.91 Å². The number of ether oxygens (including phenoxy) is 1. The first-order valence-corrected chi connectivity index (χ1v) is 15.8. The maximum absolute atomic E-state index is 14.1. The van der Waals surface area contributed by atoms with Crippen molar-refractivity contribution in [2.45, 2.75) is 70.0 Å². The SMILES string of the molecule is CCCN(CC(=O)N1CCn2cccc2C1c1cccc(Oc2ccccc2)c1)C(=O)NC12CC3CC(CC(C3)C1)C2. The Morgan fingerprint density at radius 1 is 0.905 bits per heavy atom. The van der Waals surface area contributed by atoms with Gasteiger partial charge in [-0.15, -0.1) is 0 Å². The Labute approximate surface area is 248 Å². The minimum atomic E-state index is -0.254. The molecule has 42 heavy (non-hydrogen) atoms. The monoisotopic (exact) mass is 566 g/mol. The number of carbonyl (C=O) groups is 2. The molecule has 4 fully saturated rings. The second kappa shape index (κ2) is 11.2. The van der Waals surface area contributed by atoms with Crippen LogP contribution in [0.1, 0.15) is 69.2 Å². The van der Waals surface area contributed by atoms with Crippen LogP contribution in [0.3, 0.4) is 0 Å². The van der Waals surface area contributed by atoms with Crippen LogP contribution in [0, 0.1) is 17.8 Å². The number of para-hydroxylation sites is 1. The lowest BCUT2D eigenvalue weighted by Crippen LogP contribution is -2.62. The van der Waals surface area contributed by atoms with Crippen LogP contribution in [0.4, 0.5) is 4.79 Å². The van der Waals surface area contributed by atoms with Gasteiger partial charge in [0.05, 0.1) is 6.04 Å². The van der Waals surface area contributed by atoms with Crippen molar-refractivity contribution in [3.05, 3.63) is 84.2 Å². The van der Waals surface area contributed by atoms with E-state index in [9.17, 15) is 9.59 Å². The van der Waals surface area contributed by atoms with Crippen LogP contribution in [0.2, 0.25) is 0 Å². The highest BCUT2D eigenvalue weighted by molar-refractivity contribution is 5.85. The molecule has 1 N–H and O–H groups in total. The number of amides is 3. The van der Waals surface area contributed by atoms with Gasteiger partial charge in [0.25, 0.3) is 0 Å². The van der Waals surface area contributed by atoms with Crippen molar-refractivity contribution in [2.24, 2.45) is 17.8 Å². The van der Waals surface area contributed by atoms with E-state index >= 15 is 0 Å². The van der Waals surface area contributed by atoms with Gasteiger partial charge in [-0.3, -0.25) is 4.79 Å². The number of benzene rings is 2. The normalized spacial score (nSPS) is 27.4. The summed E-state index contributed by atoms with van der Waals surface area (Å²) in [5.74, 6) is 3.75. The fourth-order valence-corrected chi connectivity index (χ4v) is 8.72. The first kappa shape index (κ1) is 27.1. The minimum absolute atomic E-state index is 0.0176. The maximum atomic E-state index is 14.1. The van der Waals surface area contributed by atoms with Crippen molar-refractivity contribution in [3.63, 3.8) is 0 Å². The summed E-state index contributed by atoms with van der Waals surface area (Å²) in [6.07, 6.45) is 10.2. The number of carbonyl (C=O) groups excluding carboxylic acids is 2. The second-order valence-electron chi connectivity index (χ2n) is 13.2. The predicted molar refractivity (Wildman–Crippen MR) is 162 cm³/mol. The van der Waals surface area contributed by atoms with Crippen LogP contribution in [0.5, 0.6) is 11.5 Å². The molecule has 3 amide bonds. The molecule has 2 heterocycles. The second-order valence-corrected chi connectivity index (χ2v) is 13.2. The summed E-state index contributed by atoms with van der Waals surface area (Å²) in [7, 11) is 0. The number of nitrogens with zero attached hydrogens (tertiary/aromatic N) is 3. The van der Waals surface area contributed by atoms with Gasteiger partial charge in [-0.2, -0.15) is 0 Å². The smallest absolute Gasteiger partial charge is 0.318 e. The summed E-state index contributed by atoms with van der Waals surface area (Å²) in [6, 6.07) is 21.6. The maximum Gasteiger partial charge on any atom is 0.318 e. The number of urea groups is 1. The summed E-state index contributed by atoms with van der Waals surface area (Å²) >= 11 is 0. The molecule has 4 bridgehead atoms. The highest BCUT2D eigenvalue weighted by Crippen LogP contribution is 2.55. The molecule has 5 aliphatic rings. The predicted octanol–water partition coefficient (Wildman–Crippen LogP) is 6.60. The molecule has 0 radical (unpaired) electrons. The van der Waals surface area contributed by atoms with Crippen molar-refractivity contribution < 1.29 is 14.3 Å². The topological polar surface area (TPSA) is 66.8 Å². The first-order chi connectivity index (χ1) is 20.5. The van der Waals surface area contributed by atoms with Gasteiger partial charge in [-0.1, -0.05) is 37.3 Å². The molecule has 0 saturated heterocycles. The number of aromatic nitrogens is 1. The Kier molecular flexibility index (Phi) is 7.20. The quantitative estimate of drug-likeness (QED) is 0.334. The lowest BCUT2D eigenvalue weighted by Gasteiger charge is -2.57. The standard InChI is InChI=1S/C35H42N4O3/c1-2-13-38(34(41)36-35-21-25-17-26(22-35)19-27(18-25)23-35)24-32(40)39-16-15-37-14-7-12-31(37)33(39)28-8-6-11-30(20-28)42-29-9-4-3-5-10-29/h3-12,14,20,25-27,33H,2,13,15-19,21-24H2,1H3,(H,36,41). The largest absolute Gasteiger partial charge is 0.457 e. The zero-order valence-corrected chi connectivity index (χ0v) is 24.6. The van der Waals surface area contributed by atoms with Crippen LogP contribution < -0.4 is 10.1 Å². The van der Waals surface area contributed by atoms with Crippen LogP contribution in [0.25, 0.3) is 0 Å². The molecule has 1 unspecified atom stereocenters. The summed E-state index contributed by atoms with van der Waals surface area (Å²) < 4.78 is 8.37. The minimum Gasteiger partial charge on any atom is -0.457 e. The average Bonchev–Trinajstić information content (AvgIpc) is 3.45. The number of nitrogens with one attached hydrogen (secondary N) is 1. The van der Waals surface area contributed by atoms with E-state index in [1.54, 1.807) is 4.90 Å². The molecule has 7 nitrogen and oxygen atoms in total. The Balaban J connectivity index is 1.11. The van der Waals surface area contributed by atoms with Gasteiger partial charge in [0.15, 0.2) is 0 Å². The lowest BCUT2D eigenvalue weighted by molar-refractivity contribution is -0.134.